The van der Waals surface area contributed by atoms with Gasteiger partial charge < -0.3 is 9.84 Å². The second-order valence-electron chi connectivity index (χ2n) is 2.23. The fourth-order valence-electron chi connectivity index (χ4n) is 0.657. The highest BCUT2D eigenvalue weighted by Gasteiger charge is 1.94. The molecule has 0 heterocycles. The quantitative estimate of drug-likeness (QED) is 0.389. The molecule has 12 heavy (non-hydrogen) atoms. The molecule has 0 fully saturated rings. The van der Waals surface area contributed by atoms with Crippen molar-refractivity contribution >= 4 is 5.97 Å². The molecule has 0 aliphatic carbocycles. The van der Waals surface area contributed by atoms with E-state index in [1.807, 2.05) is 0 Å². The van der Waals surface area contributed by atoms with Crippen LogP contribution >= 0.6 is 0 Å². The molecular weight excluding hydrogens is 156 g/mol. The summed E-state index contributed by atoms with van der Waals surface area (Å²) in [5.41, 5.74) is 0.766. The van der Waals surface area contributed by atoms with E-state index in [1.54, 1.807) is 26.0 Å². The van der Waals surface area contributed by atoms with Crippen LogP contribution in [-0.4, -0.2) is 24.3 Å². The Morgan fingerprint density at radius 3 is 2.75 bits per heavy atom. The minimum absolute atomic E-state index is 0.0198. The van der Waals surface area contributed by atoms with Crippen molar-refractivity contribution < 1.29 is 14.6 Å². The van der Waals surface area contributed by atoms with E-state index in [-0.39, 0.29) is 12.6 Å². The second-order valence-corrected chi connectivity index (χ2v) is 2.23. The third-order valence-electron chi connectivity index (χ3n) is 1.12. The number of ether oxygens (including phenoxy) is 1. The third kappa shape index (κ3) is 5.68. The van der Waals surface area contributed by atoms with Crippen LogP contribution in [0.25, 0.3) is 0 Å². The summed E-state index contributed by atoms with van der Waals surface area (Å²) in [5.74, 6) is -0.349. The standard InChI is InChI=1S/C9H14O3/c1-3-12-9(11)7-8(2)5-4-6-10/h4-5,7,10H,3,6H2,1-2H3/b5-4+,8-7+. The number of esters is 1. The number of carbonyl (C=O) groups is 1. The lowest BCUT2D eigenvalue weighted by atomic mass is 10.2. The van der Waals surface area contributed by atoms with Crippen LogP contribution in [0.3, 0.4) is 0 Å². The van der Waals surface area contributed by atoms with Gasteiger partial charge in [0.2, 0.25) is 0 Å². The van der Waals surface area contributed by atoms with Gasteiger partial charge in [0.05, 0.1) is 13.2 Å². The Kier molecular flexibility index (Phi) is 6.01. The summed E-state index contributed by atoms with van der Waals surface area (Å²) in [4.78, 5) is 10.8. The van der Waals surface area contributed by atoms with Crippen molar-refractivity contribution in [2.75, 3.05) is 13.2 Å². The Bertz CT molecular complexity index is 192. The first kappa shape index (κ1) is 10.9. The molecule has 0 aromatic rings. The first-order chi connectivity index (χ1) is 5.70. The van der Waals surface area contributed by atoms with E-state index in [4.69, 9.17) is 5.11 Å². The maximum Gasteiger partial charge on any atom is 0.330 e. The van der Waals surface area contributed by atoms with Crippen molar-refractivity contribution in [1.29, 1.82) is 0 Å². The molecule has 0 spiro atoms. The highest BCUT2D eigenvalue weighted by atomic mass is 16.5. The van der Waals surface area contributed by atoms with Crippen LogP contribution in [0.4, 0.5) is 0 Å². The lowest BCUT2D eigenvalue weighted by molar-refractivity contribution is -0.137. The van der Waals surface area contributed by atoms with Crippen LogP contribution in [0.5, 0.6) is 0 Å². The largest absolute Gasteiger partial charge is 0.463 e. The van der Waals surface area contributed by atoms with Crippen LogP contribution in [-0.2, 0) is 9.53 Å². The summed E-state index contributed by atoms with van der Waals surface area (Å²) in [6, 6.07) is 0. The summed E-state index contributed by atoms with van der Waals surface area (Å²) in [6.45, 7) is 3.88. The molecule has 1 N–H and O–H groups in total. The number of hydrogen-bond acceptors (Lipinski definition) is 3. The zero-order valence-electron chi connectivity index (χ0n) is 7.41. The molecule has 0 aromatic heterocycles. The van der Waals surface area contributed by atoms with Gasteiger partial charge in [-0.05, 0) is 19.4 Å². The van der Waals surface area contributed by atoms with Gasteiger partial charge in [0, 0.05) is 6.08 Å². The van der Waals surface area contributed by atoms with Crippen LogP contribution < -0.4 is 0 Å². The predicted octanol–water partition coefficient (Wildman–Crippen LogP) is 1.04. The SMILES string of the molecule is CCOC(=O)/C=C(C)/C=C/CO. The third-order valence-corrected chi connectivity index (χ3v) is 1.12. The molecular formula is C9H14O3. The molecule has 0 rings (SSSR count). The van der Waals surface area contributed by atoms with Gasteiger partial charge in [0.1, 0.15) is 0 Å². The molecule has 0 radical (unpaired) electrons. The van der Waals surface area contributed by atoms with Gasteiger partial charge in [0.25, 0.3) is 0 Å². The summed E-state index contributed by atoms with van der Waals surface area (Å²) in [5, 5.41) is 8.42. The first-order valence-electron chi connectivity index (χ1n) is 3.83. The molecule has 0 aliphatic rings. The molecule has 0 aromatic carbocycles. The topological polar surface area (TPSA) is 46.5 Å². The normalized spacial score (nSPS) is 12.1. The van der Waals surface area contributed by atoms with E-state index >= 15 is 0 Å². The van der Waals surface area contributed by atoms with Gasteiger partial charge in [0.15, 0.2) is 0 Å². The number of aliphatic hydroxyl groups excluding tert-OH is 1. The van der Waals surface area contributed by atoms with Gasteiger partial charge in [-0.25, -0.2) is 4.79 Å². The Morgan fingerprint density at radius 2 is 2.25 bits per heavy atom. The maximum absolute atomic E-state index is 10.8. The summed E-state index contributed by atoms with van der Waals surface area (Å²) >= 11 is 0. The maximum atomic E-state index is 10.8. The molecule has 0 saturated carbocycles. The minimum Gasteiger partial charge on any atom is -0.463 e. The monoisotopic (exact) mass is 170 g/mol. The molecule has 3 heteroatoms. The smallest absolute Gasteiger partial charge is 0.330 e. The van der Waals surface area contributed by atoms with Crippen LogP contribution in [0.2, 0.25) is 0 Å². The molecule has 0 saturated heterocycles. The van der Waals surface area contributed by atoms with Crippen molar-refractivity contribution in [3.8, 4) is 0 Å². The number of aliphatic hydroxyl groups is 1. The van der Waals surface area contributed by atoms with E-state index in [0.29, 0.717) is 6.61 Å². The molecule has 0 aliphatic heterocycles. The summed E-state index contributed by atoms with van der Waals surface area (Å²) < 4.78 is 4.68. The average molecular weight is 170 g/mol. The molecule has 3 nitrogen and oxygen atoms in total. The number of allylic oxidation sites excluding steroid dienone is 2. The van der Waals surface area contributed by atoms with E-state index in [1.165, 1.54) is 6.08 Å². The summed E-state index contributed by atoms with van der Waals surface area (Å²) in [7, 11) is 0. The van der Waals surface area contributed by atoms with Crippen LogP contribution in [0.15, 0.2) is 23.8 Å². The lowest BCUT2D eigenvalue weighted by Crippen LogP contribution is -1.99. The Morgan fingerprint density at radius 1 is 1.58 bits per heavy atom. The number of carbonyl (C=O) groups excluding carboxylic acids is 1. The highest BCUT2D eigenvalue weighted by molar-refractivity contribution is 5.83. The van der Waals surface area contributed by atoms with Crippen molar-refractivity contribution in [1.82, 2.24) is 0 Å². The fourth-order valence-corrected chi connectivity index (χ4v) is 0.657. The van der Waals surface area contributed by atoms with Gasteiger partial charge in [-0.2, -0.15) is 0 Å². The van der Waals surface area contributed by atoms with E-state index < -0.39 is 0 Å². The molecule has 0 bridgehead atoms. The Labute approximate surface area is 72.3 Å². The Hall–Kier alpha value is -1.09. The second kappa shape index (κ2) is 6.61. The van der Waals surface area contributed by atoms with Crippen molar-refractivity contribution in [2.45, 2.75) is 13.8 Å². The van der Waals surface area contributed by atoms with E-state index in [9.17, 15) is 4.79 Å². The highest BCUT2D eigenvalue weighted by Crippen LogP contribution is 1.95. The van der Waals surface area contributed by atoms with E-state index in [2.05, 4.69) is 4.74 Å². The molecule has 0 atom stereocenters. The van der Waals surface area contributed by atoms with Crippen LogP contribution in [0.1, 0.15) is 13.8 Å². The molecule has 68 valence electrons. The predicted molar refractivity (Wildman–Crippen MR) is 46.6 cm³/mol. The zero-order chi connectivity index (χ0) is 9.40. The van der Waals surface area contributed by atoms with Crippen LogP contribution in [0, 0.1) is 0 Å². The first-order valence-corrected chi connectivity index (χ1v) is 3.83. The van der Waals surface area contributed by atoms with Gasteiger partial charge >= 0.3 is 5.97 Å². The van der Waals surface area contributed by atoms with Crippen molar-refractivity contribution in [2.24, 2.45) is 0 Å². The van der Waals surface area contributed by atoms with E-state index in [0.717, 1.165) is 5.57 Å². The zero-order valence-corrected chi connectivity index (χ0v) is 7.41. The average Bonchev–Trinajstić information content (AvgIpc) is 2.01. The minimum atomic E-state index is -0.349. The number of hydrogen-bond donors (Lipinski definition) is 1. The lowest BCUT2D eigenvalue weighted by Gasteiger charge is -1.95. The van der Waals surface area contributed by atoms with Gasteiger partial charge in [-0.1, -0.05) is 12.2 Å². The van der Waals surface area contributed by atoms with Crippen molar-refractivity contribution in [3.63, 3.8) is 0 Å². The van der Waals surface area contributed by atoms with Gasteiger partial charge in [-0.3, -0.25) is 0 Å². The fraction of sp³-hybridized carbons (Fsp3) is 0.444. The van der Waals surface area contributed by atoms with Crippen molar-refractivity contribution in [3.05, 3.63) is 23.8 Å². The summed E-state index contributed by atoms with van der Waals surface area (Å²) in [6.07, 6.45) is 4.61. The Balaban J connectivity index is 3.97. The number of rotatable bonds is 4. The molecule has 0 amide bonds. The van der Waals surface area contributed by atoms with Gasteiger partial charge in [-0.15, -0.1) is 0 Å². The molecule has 0 unspecified atom stereocenters.